The van der Waals surface area contributed by atoms with Crippen LogP contribution in [0.2, 0.25) is 0 Å². The third-order valence-electron chi connectivity index (χ3n) is 10.7. The lowest BCUT2D eigenvalue weighted by molar-refractivity contribution is 0.660. The molecule has 0 radical (unpaired) electrons. The van der Waals surface area contributed by atoms with Gasteiger partial charge in [0.1, 0.15) is 0 Å². The van der Waals surface area contributed by atoms with Gasteiger partial charge in [-0.25, -0.2) is 0 Å². The smallest absolute Gasteiger partial charge is 0.0465 e. The molecule has 0 aliphatic heterocycles. The van der Waals surface area contributed by atoms with Crippen LogP contribution in [0.1, 0.15) is 25.0 Å². The Morgan fingerprint density at radius 1 is 0.288 bits per heavy atom. The highest BCUT2D eigenvalue weighted by atomic mass is 15.1. The summed E-state index contributed by atoms with van der Waals surface area (Å²) in [6, 6.07) is 72.7. The molecule has 9 rings (SSSR count). The lowest BCUT2D eigenvalue weighted by Gasteiger charge is -2.28. The van der Waals surface area contributed by atoms with E-state index in [2.05, 4.69) is 219 Å². The molecule has 0 saturated heterocycles. The van der Waals surface area contributed by atoms with Crippen LogP contribution in [0.5, 0.6) is 0 Å². The average molecular weight is 666 g/mol. The van der Waals surface area contributed by atoms with Gasteiger partial charge >= 0.3 is 0 Å². The summed E-state index contributed by atoms with van der Waals surface area (Å²) in [5.74, 6) is 0. The summed E-state index contributed by atoms with van der Waals surface area (Å²) in [4.78, 5) is 2.38. The van der Waals surface area contributed by atoms with Gasteiger partial charge in [-0.15, -0.1) is 0 Å². The van der Waals surface area contributed by atoms with Crippen molar-refractivity contribution in [1.29, 1.82) is 0 Å². The van der Waals surface area contributed by atoms with Crippen LogP contribution in [0.15, 0.2) is 200 Å². The minimum absolute atomic E-state index is 0.154. The van der Waals surface area contributed by atoms with Crippen molar-refractivity contribution in [3.05, 3.63) is 211 Å². The first kappa shape index (κ1) is 31.5. The van der Waals surface area contributed by atoms with E-state index in [1.807, 2.05) is 0 Å². The molecule has 0 bridgehead atoms. The summed E-state index contributed by atoms with van der Waals surface area (Å²) >= 11 is 0. The Hall–Kier alpha value is -6.44. The molecule has 8 aromatic rings. The van der Waals surface area contributed by atoms with Crippen LogP contribution in [0.3, 0.4) is 0 Å². The quantitative estimate of drug-likeness (QED) is 0.164. The van der Waals surface area contributed by atoms with Crippen LogP contribution in [-0.2, 0) is 5.41 Å². The molecule has 0 saturated carbocycles. The van der Waals surface area contributed by atoms with Crippen LogP contribution < -0.4 is 4.90 Å². The van der Waals surface area contributed by atoms with Crippen LogP contribution >= 0.6 is 0 Å². The van der Waals surface area contributed by atoms with Crippen molar-refractivity contribution in [2.24, 2.45) is 0 Å². The Morgan fingerprint density at radius 3 is 1.12 bits per heavy atom. The standard InChI is InChI=1S/C51H39N/c1-51(2)49-34-43(42-24-22-39(23-25-42)37-14-8-4-9-15-37)28-32-47(49)48-33-31-46(35-50(48)51)52(44-16-10-5-11-17-44)45-29-26-41(27-30-45)40-20-18-38(19-21-40)36-12-6-3-7-13-36/h3-35H,1-2H3. The zero-order chi connectivity index (χ0) is 35.1. The third kappa shape index (κ3) is 5.71. The maximum absolute atomic E-state index is 2.41. The van der Waals surface area contributed by atoms with Crippen LogP contribution in [0.25, 0.3) is 55.6 Å². The molecule has 0 atom stereocenters. The Morgan fingerprint density at radius 2 is 0.615 bits per heavy atom. The van der Waals surface area contributed by atoms with Crippen molar-refractivity contribution in [1.82, 2.24) is 0 Å². The van der Waals surface area contributed by atoms with Crippen molar-refractivity contribution in [3.63, 3.8) is 0 Å². The summed E-state index contributed by atoms with van der Waals surface area (Å²) in [7, 11) is 0. The second kappa shape index (κ2) is 13.0. The van der Waals surface area contributed by atoms with Crippen molar-refractivity contribution >= 4 is 17.1 Å². The molecule has 1 aliphatic rings. The van der Waals surface area contributed by atoms with Crippen molar-refractivity contribution in [2.45, 2.75) is 19.3 Å². The van der Waals surface area contributed by atoms with E-state index in [0.717, 1.165) is 17.1 Å². The van der Waals surface area contributed by atoms with Gasteiger partial charge in [0.15, 0.2) is 0 Å². The highest BCUT2D eigenvalue weighted by molar-refractivity contribution is 5.87. The zero-order valence-corrected chi connectivity index (χ0v) is 29.5. The first-order valence-electron chi connectivity index (χ1n) is 18.1. The van der Waals surface area contributed by atoms with Crippen molar-refractivity contribution in [3.8, 4) is 55.6 Å². The second-order valence-electron chi connectivity index (χ2n) is 14.2. The minimum Gasteiger partial charge on any atom is -0.310 e. The summed E-state index contributed by atoms with van der Waals surface area (Å²) in [5, 5.41) is 0. The molecule has 1 heteroatoms. The Labute approximate surface area is 307 Å². The maximum Gasteiger partial charge on any atom is 0.0465 e. The number of hydrogen-bond donors (Lipinski definition) is 0. The first-order valence-corrected chi connectivity index (χ1v) is 18.1. The number of rotatable bonds is 7. The van der Waals surface area contributed by atoms with E-state index in [0.29, 0.717) is 0 Å². The normalized spacial score (nSPS) is 12.6. The zero-order valence-electron chi connectivity index (χ0n) is 29.5. The molecule has 0 fully saturated rings. The van der Waals surface area contributed by atoms with Gasteiger partial charge in [-0.3, -0.25) is 0 Å². The lowest BCUT2D eigenvalue weighted by Crippen LogP contribution is -2.16. The fourth-order valence-corrected chi connectivity index (χ4v) is 7.84. The lowest BCUT2D eigenvalue weighted by atomic mass is 9.81. The van der Waals surface area contributed by atoms with Crippen LogP contribution in [0, 0.1) is 0 Å². The molecule has 1 aliphatic carbocycles. The van der Waals surface area contributed by atoms with Gasteiger partial charge in [0.2, 0.25) is 0 Å². The van der Waals surface area contributed by atoms with Gasteiger partial charge in [0, 0.05) is 22.5 Å². The van der Waals surface area contributed by atoms with E-state index in [-0.39, 0.29) is 5.41 Å². The third-order valence-corrected chi connectivity index (χ3v) is 10.7. The van der Waals surface area contributed by atoms with E-state index >= 15 is 0 Å². The number of para-hydroxylation sites is 1. The largest absolute Gasteiger partial charge is 0.310 e. The number of nitrogens with zero attached hydrogens (tertiary/aromatic N) is 1. The summed E-state index contributed by atoms with van der Waals surface area (Å²) in [6.07, 6.45) is 0. The molecule has 1 nitrogen and oxygen atoms in total. The summed E-state index contributed by atoms with van der Waals surface area (Å²) < 4.78 is 0. The fraction of sp³-hybridized carbons (Fsp3) is 0.0588. The van der Waals surface area contributed by atoms with E-state index in [9.17, 15) is 0 Å². The Balaban J connectivity index is 1.03. The predicted molar refractivity (Wildman–Crippen MR) is 220 cm³/mol. The SMILES string of the molecule is CC1(C)c2cc(-c3ccc(-c4ccccc4)cc3)ccc2-c2ccc(N(c3ccccc3)c3ccc(-c4ccc(-c5ccccc5)cc4)cc3)cc21. The van der Waals surface area contributed by atoms with Gasteiger partial charge in [-0.05, 0) is 109 Å². The van der Waals surface area contributed by atoms with E-state index in [4.69, 9.17) is 0 Å². The molecule has 52 heavy (non-hydrogen) atoms. The number of fused-ring (bicyclic) bond motifs is 3. The number of benzene rings is 8. The van der Waals surface area contributed by atoms with Gasteiger partial charge in [-0.2, -0.15) is 0 Å². The van der Waals surface area contributed by atoms with E-state index in [1.165, 1.54) is 66.8 Å². The number of anilines is 3. The van der Waals surface area contributed by atoms with Crippen molar-refractivity contribution < 1.29 is 0 Å². The predicted octanol–water partition coefficient (Wildman–Crippen LogP) is 14.1. The van der Waals surface area contributed by atoms with Crippen LogP contribution in [0.4, 0.5) is 17.1 Å². The first-order chi connectivity index (χ1) is 25.5. The summed E-state index contributed by atoms with van der Waals surface area (Å²) in [5.41, 5.74) is 18.5. The molecule has 0 aromatic heterocycles. The number of hydrogen-bond acceptors (Lipinski definition) is 1. The molecular weight excluding hydrogens is 627 g/mol. The Kier molecular flexibility index (Phi) is 7.90. The van der Waals surface area contributed by atoms with E-state index < -0.39 is 0 Å². The molecule has 8 aromatic carbocycles. The maximum atomic E-state index is 2.41. The molecule has 0 heterocycles. The molecule has 0 amide bonds. The minimum atomic E-state index is -0.154. The highest BCUT2D eigenvalue weighted by Gasteiger charge is 2.36. The molecule has 0 N–H and O–H groups in total. The second-order valence-corrected chi connectivity index (χ2v) is 14.2. The molecule has 248 valence electrons. The van der Waals surface area contributed by atoms with Crippen LogP contribution in [-0.4, -0.2) is 0 Å². The fourth-order valence-electron chi connectivity index (χ4n) is 7.84. The average Bonchev–Trinajstić information content (AvgIpc) is 3.44. The van der Waals surface area contributed by atoms with Gasteiger partial charge in [0.05, 0.1) is 0 Å². The topological polar surface area (TPSA) is 3.24 Å². The highest BCUT2D eigenvalue weighted by Crippen LogP contribution is 2.51. The summed E-state index contributed by atoms with van der Waals surface area (Å²) in [6.45, 7) is 4.74. The molecule has 0 unspecified atom stereocenters. The molecular formula is C51H39N. The Bertz CT molecular complexity index is 2480. The van der Waals surface area contributed by atoms with Gasteiger partial charge < -0.3 is 4.90 Å². The van der Waals surface area contributed by atoms with Gasteiger partial charge in [-0.1, -0.05) is 172 Å². The monoisotopic (exact) mass is 665 g/mol. The molecule has 0 spiro atoms. The van der Waals surface area contributed by atoms with Crippen molar-refractivity contribution in [2.75, 3.05) is 4.90 Å². The van der Waals surface area contributed by atoms with Gasteiger partial charge in [0.25, 0.3) is 0 Å². The van der Waals surface area contributed by atoms with E-state index in [1.54, 1.807) is 0 Å².